The minimum absolute atomic E-state index is 0. The van der Waals surface area contributed by atoms with E-state index in [0.29, 0.717) is 19.0 Å². The second-order valence-electron chi connectivity index (χ2n) is 7.10. The van der Waals surface area contributed by atoms with Crippen LogP contribution >= 0.6 is 24.0 Å². The first kappa shape index (κ1) is 25.2. The Labute approximate surface area is 187 Å². The molecule has 0 bridgehead atoms. The Morgan fingerprint density at radius 3 is 2.64 bits per heavy atom. The van der Waals surface area contributed by atoms with Gasteiger partial charge >= 0.3 is 0 Å². The van der Waals surface area contributed by atoms with E-state index < -0.39 is 10.0 Å². The number of sulfonamides is 1. The smallest absolute Gasteiger partial charge is 0.213 e. The molecule has 0 saturated carbocycles. The topological polar surface area (TPSA) is 65.0 Å². The van der Waals surface area contributed by atoms with E-state index in [1.165, 1.54) is 16.3 Å². The highest BCUT2D eigenvalue weighted by Crippen LogP contribution is 2.20. The molecule has 1 unspecified atom stereocenters. The van der Waals surface area contributed by atoms with Crippen LogP contribution in [0.1, 0.15) is 32.3 Å². The van der Waals surface area contributed by atoms with Gasteiger partial charge in [-0.05, 0) is 44.6 Å². The summed E-state index contributed by atoms with van der Waals surface area (Å²) < 4.78 is 25.0. The van der Waals surface area contributed by atoms with Crippen molar-refractivity contribution in [1.29, 1.82) is 0 Å². The highest BCUT2D eigenvalue weighted by Gasteiger charge is 2.25. The third kappa shape index (κ3) is 7.87. The standard InChI is InChI=1S/C20H34N4O2S.HI/c1-4-21-20(22-13-9-14-23(3)27(25,26)5-2)24-15-12-19(17-24)16-18-10-7-6-8-11-18;/h6-8,10-11,19H,4-5,9,12-17H2,1-3H3,(H,21,22);1H. The third-order valence-electron chi connectivity index (χ3n) is 5.02. The molecule has 0 aromatic heterocycles. The number of aliphatic imine (C=N–C) groups is 1. The number of halogens is 1. The van der Waals surface area contributed by atoms with Gasteiger partial charge in [-0.15, -0.1) is 24.0 Å². The average Bonchev–Trinajstić information content (AvgIpc) is 3.13. The Morgan fingerprint density at radius 1 is 1.29 bits per heavy atom. The van der Waals surface area contributed by atoms with Crippen molar-refractivity contribution in [3.8, 4) is 0 Å². The SMILES string of the molecule is CCNC(=NCCCN(C)S(=O)(=O)CC)N1CCC(Cc2ccccc2)C1.I. The fourth-order valence-corrected chi connectivity index (χ4v) is 4.25. The minimum Gasteiger partial charge on any atom is -0.357 e. The lowest BCUT2D eigenvalue weighted by molar-refractivity contribution is 0.452. The normalized spacial score (nSPS) is 17.6. The molecule has 0 amide bonds. The number of hydrogen-bond acceptors (Lipinski definition) is 3. The first-order valence-electron chi connectivity index (χ1n) is 9.97. The van der Waals surface area contributed by atoms with Crippen LogP contribution in [-0.2, 0) is 16.4 Å². The molecule has 1 atom stereocenters. The molecule has 1 heterocycles. The van der Waals surface area contributed by atoms with E-state index in [2.05, 4.69) is 47.5 Å². The van der Waals surface area contributed by atoms with Gasteiger partial charge in [0.2, 0.25) is 10.0 Å². The van der Waals surface area contributed by atoms with Crippen LogP contribution in [0.2, 0.25) is 0 Å². The van der Waals surface area contributed by atoms with Crippen LogP contribution in [0, 0.1) is 5.92 Å². The lowest BCUT2D eigenvalue weighted by atomic mass is 9.99. The second-order valence-corrected chi connectivity index (χ2v) is 9.47. The van der Waals surface area contributed by atoms with Gasteiger partial charge in [-0.3, -0.25) is 4.99 Å². The zero-order valence-electron chi connectivity index (χ0n) is 17.3. The summed E-state index contributed by atoms with van der Waals surface area (Å²) in [5.41, 5.74) is 1.39. The molecule has 1 aliphatic heterocycles. The fourth-order valence-electron chi connectivity index (χ4n) is 3.40. The molecule has 1 N–H and O–H groups in total. The molecule has 0 spiro atoms. The van der Waals surface area contributed by atoms with Crippen LogP contribution in [0.4, 0.5) is 0 Å². The molecular formula is C20H35IN4O2S. The maximum absolute atomic E-state index is 11.8. The molecule has 160 valence electrons. The number of benzene rings is 1. The maximum Gasteiger partial charge on any atom is 0.213 e. The highest BCUT2D eigenvalue weighted by molar-refractivity contribution is 14.0. The molecule has 2 rings (SSSR count). The molecule has 1 aliphatic rings. The van der Waals surface area contributed by atoms with Gasteiger partial charge in [0.25, 0.3) is 0 Å². The summed E-state index contributed by atoms with van der Waals surface area (Å²) in [6.07, 6.45) is 3.01. The van der Waals surface area contributed by atoms with E-state index >= 15 is 0 Å². The number of nitrogens with one attached hydrogen (secondary N) is 1. The van der Waals surface area contributed by atoms with Crippen LogP contribution in [-0.4, -0.2) is 69.1 Å². The van der Waals surface area contributed by atoms with E-state index in [0.717, 1.165) is 38.4 Å². The highest BCUT2D eigenvalue weighted by atomic mass is 127. The molecule has 1 fully saturated rings. The van der Waals surface area contributed by atoms with Crippen LogP contribution in [0.15, 0.2) is 35.3 Å². The summed E-state index contributed by atoms with van der Waals surface area (Å²) in [4.78, 5) is 7.06. The van der Waals surface area contributed by atoms with E-state index in [1.807, 2.05) is 0 Å². The van der Waals surface area contributed by atoms with Gasteiger partial charge in [-0.2, -0.15) is 0 Å². The number of hydrogen-bond donors (Lipinski definition) is 1. The lowest BCUT2D eigenvalue weighted by Gasteiger charge is -2.22. The molecular weight excluding hydrogens is 487 g/mol. The Bertz CT molecular complexity index is 697. The number of likely N-dealkylation sites (tertiary alicyclic amines) is 1. The van der Waals surface area contributed by atoms with Gasteiger partial charge in [-0.1, -0.05) is 30.3 Å². The van der Waals surface area contributed by atoms with Gasteiger partial charge in [0, 0.05) is 39.8 Å². The molecule has 0 radical (unpaired) electrons. The van der Waals surface area contributed by atoms with E-state index in [9.17, 15) is 8.42 Å². The molecule has 1 aromatic carbocycles. The first-order chi connectivity index (χ1) is 13.0. The lowest BCUT2D eigenvalue weighted by Crippen LogP contribution is -2.40. The summed E-state index contributed by atoms with van der Waals surface area (Å²) >= 11 is 0. The van der Waals surface area contributed by atoms with Gasteiger partial charge in [0.15, 0.2) is 5.96 Å². The first-order valence-corrected chi connectivity index (χ1v) is 11.6. The zero-order chi connectivity index (χ0) is 19.7. The van der Waals surface area contributed by atoms with Crippen molar-refractivity contribution >= 4 is 40.0 Å². The summed E-state index contributed by atoms with van der Waals surface area (Å²) in [5.74, 6) is 1.75. The molecule has 6 nitrogen and oxygen atoms in total. The molecule has 8 heteroatoms. The van der Waals surface area contributed by atoms with Gasteiger partial charge in [-0.25, -0.2) is 12.7 Å². The average molecular weight is 522 g/mol. The van der Waals surface area contributed by atoms with Crippen LogP contribution in [0.3, 0.4) is 0 Å². The Kier molecular flexibility index (Phi) is 11.4. The zero-order valence-corrected chi connectivity index (χ0v) is 20.4. The third-order valence-corrected chi connectivity index (χ3v) is 6.88. The molecule has 1 aromatic rings. The summed E-state index contributed by atoms with van der Waals surface area (Å²) in [6, 6.07) is 10.7. The van der Waals surface area contributed by atoms with Crippen LogP contribution in [0.5, 0.6) is 0 Å². The monoisotopic (exact) mass is 522 g/mol. The maximum atomic E-state index is 11.8. The fraction of sp³-hybridized carbons (Fsp3) is 0.650. The molecule has 0 aliphatic carbocycles. The van der Waals surface area contributed by atoms with Crippen molar-refractivity contribution in [3.05, 3.63) is 35.9 Å². The van der Waals surface area contributed by atoms with Crippen molar-refractivity contribution in [1.82, 2.24) is 14.5 Å². The minimum atomic E-state index is -3.10. The van der Waals surface area contributed by atoms with E-state index in [1.54, 1.807) is 14.0 Å². The number of nitrogens with zero attached hydrogens (tertiary/aromatic N) is 3. The van der Waals surface area contributed by atoms with Crippen molar-refractivity contribution in [2.45, 2.75) is 33.1 Å². The van der Waals surface area contributed by atoms with E-state index in [4.69, 9.17) is 4.99 Å². The van der Waals surface area contributed by atoms with Crippen LogP contribution in [0.25, 0.3) is 0 Å². The summed E-state index contributed by atoms with van der Waals surface area (Å²) in [7, 11) is -1.46. The predicted octanol–water partition coefficient (Wildman–Crippen LogP) is 2.81. The Hall–Kier alpha value is -0.870. The summed E-state index contributed by atoms with van der Waals surface area (Å²) in [5, 5.41) is 3.38. The van der Waals surface area contributed by atoms with E-state index in [-0.39, 0.29) is 29.7 Å². The van der Waals surface area contributed by atoms with Crippen LogP contribution < -0.4 is 5.32 Å². The number of rotatable bonds is 9. The predicted molar refractivity (Wildman–Crippen MR) is 128 cm³/mol. The Balaban J connectivity index is 0.00000392. The molecule has 28 heavy (non-hydrogen) atoms. The van der Waals surface area contributed by atoms with Crippen molar-refractivity contribution in [2.24, 2.45) is 10.9 Å². The van der Waals surface area contributed by atoms with Gasteiger partial charge in [0.05, 0.1) is 5.75 Å². The number of guanidine groups is 1. The molecule has 1 saturated heterocycles. The Morgan fingerprint density at radius 2 is 2.00 bits per heavy atom. The summed E-state index contributed by atoms with van der Waals surface area (Å²) in [6.45, 7) is 7.77. The van der Waals surface area contributed by atoms with Crippen molar-refractivity contribution in [3.63, 3.8) is 0 Å². The quantitative estimate of drug-likeness (QED) is 0.235. The van der Waals surface area contributed by atoms with Crippen molar-refractivity contribution < 1.29 is 8.42 Å². The van der Waals surface area contributed by atoms with Gasteiger partial charge in [0.1, 0.15) is 0 Å². The second kappa shape index (κ2) is 12.6. The van der Waals surface area contributed by atoms with Crippen molar-refractivity contribution in [2.75, 3.05) is 45.5 Å². The van der Waals surface area contributed by atoms with Gasteiger partial charge < -0.3 is 10.2 Å². The largest absolute Gasteiger partial charge is 0.357 e.